The Morgan fingerprint density at radius 3 is 2.45 bits per heavy atom. The van der Waals surface area contributed by atoms with E-state index in [1.54, 1.807) is 21.6 Å². The third-order valence-corrected chi connectivity index (χ3v) is 10.6. The molecule has 4 bridgehead atoms. The van der Waals surface area contributed by atoms with E-state index in [9.17, 15) is 24.5 Å². The number of hydrogen-bond donors (Lipinski definition) is 0. The molecular weight excluding hydrogens is 588 g/mol. The number of non-ortho nitro benzene ring substituents is 1. The van der Waals surface area contributed by atoms with Crippen LogP contribution in [0.4, 0.5) is 15.3 Å². The number of rotatable bonds is 9. The normalized spacial score (nSPS) is 28.7. The zero-order valence-corrected chi connectivity index (χ0v) is 26.3. The van der Waals surface area contributed by atoms with Crippen molar-refractivity contribution in [2.24, 2.45) is 11.8 Å². The molecule has 1 heterocycles. The first-order chi connectivity index (χ1) is 20.8. The Morgan fingerprint density at radius 2 is 1.84 bits per heavy atom. The topological polar surface area (TPSA) is 133 Å². The van der Waals surface area contributed by atoms with Gasteiger partial charge in [0.05, 0.1) is 4.92 Å². The van der Waals surface area contributed by atoms with E-state index in [1.165, 1.54) is 24.3 Å². The lowest BCUT2D eigenvalue weighted by atomic mass is 9.52. The fourth-order valence-electron chi connectivity index (χ4n) is 7.90. The lowest BCUT2D eigenvalue weighted by molar-refractivity contribution is -0.384. The highest BCUT2D eigenvalue weighted by molar-refractivity contribution is 8.00. The van der Waals surface area contributed by atoms with Crippen LogP contribution < -0.4 is 4.74 Å². The Balaban J connectivity index is 1.25. The smallest absolute Gasteiger partial charge is 0.444 e. The van der Waals surface area contributed by atoms with Gasteiger partial charge in [-0.05, 0) is 89.7 Å². The molecule has 4 aliphatic carbocycles. The highest BCUT2D eigenvalue weighted by atomic mass is 32.2. The average molecular weight is 629 g/mol. The molecule has 5 fully saturated rings. The molecule has 4 saturated carbocycles. The molecule has 44 heavy (non-hydrogen) atoms. The maximum Gasteiger partial charge on any atom is 0.513 e. The van der Waals surface area contributed by atoms with Gasteiger partial charge in [0.25, 0.3) is 5.69 Å². The second-order valence-electron chi connectivity index (χ2n) is 13.6. The molecule has 2 amide bonds. The summed E-state index contributed by atoms with van der Waals surface area (Å²) in [6.45, 7) is 13.5. The minimum atomic E-state index is -0.879. The van der Waals surface area contributed by atoms with E-state index >= 15 is 0 Å². The van der Waals surface area contributed by atoms with Gasteiger partial charge in [0.1, 0.15) is 24.5 Å². The second-order valence-corrected chi connectivity index (χ2v) is 15.1. The van der Waals surface area contributed by atoms with Crippen molar-refractivity contribution in [3.05, 3.63) is 45.8 Å². The van der Waals surface area contributed by atoms with Gasteiger partial charge in [-0.1, -0.05) is 0 Å². The highest BCUT2D eigenvalue weighted by Crippen LogP contribution is 2.63. The molecule has 2 unspecified atom stereocenters. The summed E-state index contributed by atoms with van der Waals surface area (Å²) in [5, 5.41) is 10.8. The molecule has 1 aromatic rings. The van der Waals surface area contributed by atoms with Crippen LogP contribution in [0.15, 0.2) is 24.3 Å². The number of carbonyl (C=O) groups is 3. The van der Waals surface area contributed by atoms with Crippen LogP contribution in [0.5, 0.6) is 5.75 Å². The van der Waals surface area contributed by atoms with E-state index in [4.69, 9.17) is 20.8 Å². The van der Waals surface area contributed by atoms with Gasteiger partial charge in [0.2, 0.25) is 5.91 Å². The molecule has 0 aromatic heterocycles. The van der Waals surface area contributed by atoms with Crippen molar-refractivity contribution in [3.63, 3.8) is 0 Å². The number of likely N-dealkylation sites (tertiary alicyclic amines) is 1. The first kappa shape index (κ1) is 31.9. The molecule has 6 rings (SSSR count). The summed E-state index contributed by atoms with van der Waals surface area (Å²) < 4.78 is 16.2. The molecule has 0 spiro atoms. The van der Waals surface area contributed by atoms with Gasteiger partial charge in [-0.15, -0.1) is 0 Å². The molecule has 3 atom stereocenters. The number of hydrogen-bond acceptors (Lipinski definition) is 9. The van der Waals surface area contributed by atoms with Crippen LogP contribution >= 0.6 is 11.8 Å². The van der Waals surface area contributed by atoms with Crippen molar-refractivity contribution in [1.29, 1.82) is 0 Å². The zero-order chi connectivity index (χ0) is 31.7. The van der Waals surface area contributed by atoms with E-state index in [-0.39, 0.29) is 35.2 Å². The first-order valence-electron chi connectivity index (χ1n) is 15.2. The molecule has 12 nitrogen and oxygen atoms in total. The Kier molecular flexibility index (Phi) is 9.03. The van der Waals surface area contributed by atoms with Crippen molar-refractivity contribution in [1.82, 2.24) is 9.80 Å². The highest BCUT2D eigenvalue weighted by Gasteiger charge is 2.61. The van der Waals surface area contributed by atoms with Gasteiger partial charge in [0.15, 0.2) is 0 Å². The summed E-state index contributed by atoms with van der Waals surface area (Å²) in [6.07, 6.45) is 5.08. The van der Waals surface area contributed by atoms with Gasteiger partial charge in [-0.2, -0.15) is 11.8 Å². The average Bonchev–Trinajstić information content (AvgIpc) is 3.42. The van der Waals surface area contributed by atoms with Crippen LogP contribution in [0.2, 0.25) is 0 Å². The molecule has 1 aliphatic heterocycles. The number of nitro groups is 1. The number of carbonyl (C=O) groups excluding carboxylic acids is 3. The van der Waals surface area contributed by atoms with Crippen LogP contribution in [0.3, 0.4) is 0 Å². The molecule has 1 aromatic carbocycles. The summed E-state index contributed by atoms with van der Waals surface area (Å²) in [4.78, 5) is 56.8. The molecule has 238 valence electrons. The molecular formula is C31H40N4O8S. The summed E-state index contributed by atoms with van der Waals surface area (Å²) >= 11 is 1.75. The van der Waals surface area contributed by atoms with Crippen molar-refractivity contribution < 1.29 is 33.5 Å². The molecule has 1 saturated heterocycles. The predicted molar refractivity (Wildman–Crippen MR) is 162 cm³/mol. The molecule has 13 heteroatoms. The van der Waals surface area contributed by atoms with E-state index in [2.05, 4.69) is 4.85 Å². The number of nitrogens with zero attached hydrogens (tertiary/aromatic N) is 4. The van der Waals surface area contributed by atoms with E-state index in [0.29, 0.717) is 30.6 Å². The first-order valence-corrected chi connectivity index (χ1v) is 16.2. The number of amides is 2. The Bertz CT molecular complexity index is 1310. The quantitative estimate of drug-likeness (QED) is 0.0801. The van der Waals surface area contributed by atoms with Gasteiger partial charge in [-0.25, -0.2) is 16.2 Å². The number of benzene rings is 1. The Labute approximate surface area is 261 Å². The summed E-state index contributed by atoms with van der Waals surface area (Å²) in [5.74, 6) is 1.33. The number of ether oxygens (including phenoxy) is 3. The van der Waals surface area contributed by atoms with E-state index in [0.717, 1.165) is 44.9 Å². The van der Waals surface area contributed by atoms with Gasteiger partial charge >= 0.3 is 18.4 Å². The van der Waals surface area contributed by atoms with Crippen LogP contribution in [0.1, 0.15) is 72.1 Å². The standard InChI is InChI=1S/C31H40N4O8S/c1-29(2,3)43-27(37)34(19-26(36)33-11-5-6-25(33)32-4)30-15-21-14-22(16-30)18-31(17-21,20-30)44-13-12-41-28(38)42-24-9-7-23(8-10-24)35(39)40/h7-10,21-22,25H,5-6,11-20H2,1-3H3/t21?,22?,25-,30?,31?/m0/s1. The largest absolute Gasteiger partial charge is 0.513 e. The monoisotopic (exact) mass is 628 g/mol. The molecule has 0 N–H and O–H groups in total. The van der Waals surface area contributed by atoms with Crippen LogP contribution in [-0.4, -0.2) is 80.4 Å². The van der Waals surface area contributed by atoms with Crippen LogP contribution in [-0.2, 0) is 14.3 Å². The second kappa shape index (κ2) is 12.5. The summed E-state index contributed by atoms with van der Waals surface area (Å²) in [5.41, 5.74) is -1.34. The van der Waals surface area contributed by atoms with E-state index in [1.807, 2.05) is 20.8 Å². The molecule has 5 aliphatic rings. The number of nitro benzene ring substituents is 1. The lowest BCUT2D eigenvalue weighted by Gasteiger charge is -2.64. The van der Waals surface area contributed by atoms with Crippen molar-refractivity contribution >= 4 is 35.6 Å². The zero-order valence-electron chi connectivity index (χ0n) is 25.5. The third-order valence-electron chi connectivity index (χ3n) is 9.11. The van der Waals surface area contributed by atoms with Crippen LogP contribution in [0.25, 0.3) is 4.85 Å². The SMILES string of the molecule is [C-]#[N+][C@@H]1CCCN1C(=O)CN(C(=O)OC(C)(C)C)C12CC3CC(CC(SCCOC(=O)Oc4ccc([N+](=O)[O-])cc4)(C3)C1)C2. The van der Waals surface area contributed by atoms with Gasteiger partial charge in [-0.3, -0.25) is 29.6 Å². The van der Waals surface area contributed by atoms with Gasteiger partial charge < -0.3 is 14.2 Å². The minimum absolute atomic E-state index is 0.0985. The summed E-state index contributed by atoms with van der Waals surface area (Å²) in [6, 6.07) is 5.19. The Morgan fingerprint density at radius 1 is 1.16 bits per heavy atom. The van der Waals surface area contributed by atoms with E-state index < -0.39 is 34.5 Å². The van der Waals surface area contributed by atoms with Crippen molar-refractivity contribution in [3.8, 4) is 5.75 Å². The maximum absolute atomic E-state index is 13.8. The van der Waals surface area contributed by atoms with Crippen molar-refractivity contribution in [2.75, 3.05) is 25.4 Å². The van der Waals surface area contributed by atoms with Gasteiger partial charge in [0, 0.05) is 41.1 Å². The Hall–Kier alpha value is -3.53. The summed E-state index contributed by atoms with van der Waals surface area (Å²) in [7, 11) is 0. The number of thioether (sulfide) groups is 1. The molecule has 0 radical (unpaired) electrons. The lowest BCUT2D eigenvalue weighted by Crippen LogP contribution is -2.67. The predicted octanol–water partition coefficient (Wildman–Crippen LogP) is 6.04. The maximum atomic E-state index is 13.8. The van der Waals surface area contributed by atoms with Crippen LogP contribution in [0, 0.1) is 28.5 Å². The minimum Gasteiger partial charge on any atom is -0.444 e. The fraction of sp³-hybridized carbons (Fsp3) is 0.677. The fourth-order valence-corrected chi connectivity index (χ4v) is 9.58. The van der Waals surface area contributed by atoms with Crippen molar-refractivity contribution in [2.45, 2.75) is 94.2 Å². The third kappa shape index (κ3) is 7.06.